The SMILES string of the molecule is COc1ccc(/C=C/C(=O)Nc2cccc(-c3ccc4nnc(C)n4n3)c2)cc1OC. The first-order valence-electron chi connectivity index (χ1n) is 9.58. The van der Waals surface area contributed by atoms with E-state index < -0.39 is 0 Å². The van der Waals surface area contributed by atoms with Crippen LogP contribution in [0.3, 0.4) is 0 Å². The summed E-state index contributed by atoms with van der Waals surface area (Å²) < 4.78 is 12.2. The van der Waals surface area contributed by atoms with Crippen LogP contribution in [0.4, 0.5) is 5.69 Å². The van der Waals surface area contributed by atoms with E-state index >= 15 is 0 Å². The number of carbonyl (C=O) groups is 1. The van der Waals surface area contributed by atoms with Gasteiger partial charge in [0.25, 0.3) is 0 Å². The Bertz CT molecular complexity index is 1280. The number of ether oxygens (including phenoxy) is 2. The second kappa shape index (κ2) is 8.66. The summed E-state index contributed by atoms with van der Waals surface area (Å²) in [6.07, 6.45) is 3.18. The second-order valence-corrected chi connectivity index (χ2v) is 6.75. The fraction of sp³-hybridized carbons (Fsp3) is 0.130. The van der Waals surface area contributed by atoms with Gasteiger partial charge in [-0.15, -0.1) is 10.2 Å². The minimum atomic E-state index is -0.245. The van der Waals surface area contributed by atoms with Gasteiger partial charge in [0, 0.05) is 17.3 Å². The van der Waals surface area contributed by atoms with Crippen molar-refractivity contribution in [2.45, 2.75) is 6.92 Å². The molecule has 156 valence electrons. The van der Waals surface area contributed by atoms with Crippen LogP contribution < -0.4 is 14.8 Å². The van der Waals surface area contributed by atoms with Gasteiger partial charge in [0.2, 0.25) is 5.91 Å². The summed E-state index contributed by atoms with van der Waals surface area (Å²) in [6, 6.07) is 16.7. The van der Waals surface area contributed by atoms with E-state index in [-0.39, 0.29) is 5.91 Å². The molecule has 0 fully saturated rings. The molecule has 0 unspecified atom stereocenters. The van der Waals surface area contributed by atoms with Gasteiger partial charge in [-0.25, -0.2) is 0 Å². The van der Waals surface area contributed by atoms with E-state index in [2.05, 4.69) is 20.6 Å². The summed E-state index contributed by atoms with van der Waals surface area (Å²) in [4.78, 5) is 12.4. The second-order valence-electron chi connectivity index (χ2n) is 6.75. The maximum Gasteiger partial charge on any atom is 0.248 e. The first kappa shape index (κ1) is 20.1. The highest BCUT2D eigenvalue weighted by Crippen LogP contribution is 2.28. The summed E-state index contributed by atoms with van der Waals surface area (Å²) in [5, 5.41) is 15.5. The number of anilines is 1. The Morgan fingerprint density at radius 2 is 1.84 bits per heavy atom. The number of methoxy groups -OCH3 is 2. The van der Waals surface area contributed by atoms with Crippen molar-refractivity contribution in [1.29, 1.82) is 0 Å². The van der Waals surface area contributed by atoms with E-state index in [1.54, 1.807) is 36.9 Å². The highest BCUT2D eigenvalue weighted by Gasteiger charge is 2.07. The van der Waals surface area contributed by atoms with Crippen molar-refractivity contribution in [3.63, 3.8) is 0 Å². The van der Waals surface area contributed by atoms with Crippen molar-refractivity contribution >= 4 is 23.3 Å². The van der Waals surface area contributed by atoms with Crippen LogP contribution in [0.15, 0.2) is 60.7 Å². The molecule has 2 heterocycles. The van der Waals surface area contributed by atoms with Gasteiger partial charge < -0.3 is 14.8 Å². The predicted molar refractivity (Wildman–Crippen MR) is 118 cm³/mol. The average Bonchev–Trinajstić information content (AvgIpc) is 3.17. The van der Waals surface area contributed by atoms with Crippen LogP contribution in [0, 0.1) is 6.92 Å². The molecule has 0 atom stereocenters. The molecule has 1 N–H and O–H groups in total. The summed E-state index contributed by atoms with van der Waals surface area (Å²) in [5.41, 5.74) is 3.81. The zero-order chi connectivity index (χ0) is 21.8. The van der Waals surface area contributed by atoms with Gasteiger partial charge in [-0.05, 0) is 55.0 Å². The molecule has 2 aromatic carbocycles. The van der Waals surface area contributed by atoms with Crippen LogP contribution >= 0.6 is 0 Å². The Morgan fingerprint density at radius 3 is 2.65 bits per heavy atom. The summed E-state index contributed by atoms with van der Waals surface area (Å²) >= 11 is 0. The lowest BCUT2D eigenvalue weighted by atomic mass is 10.1. The molecule has 0 aliphatic heterocycles. The number of nitrogens with zero attached hydrogens (tertiary/aromatic N) is 4. The van der Waals surface area contributed by atoms with Gasteiger partial charge in [-0.1, -0.05) is 18.2 Å². The highest BCUT2D eigenvalue weighted by atomic mass is 16.5. The van der Waals surface area contributed by atoms with E-state index in [9.17, 15) is 4.79 Å². The quantitative estimate of drug-likeness (QED) is 0.482. The van der Waals surface area contributed by atoms with Crippen LogP contribution in [0.25, 0.3) is 23.0 Å². The van der Waals surface area contributed by atoms with Crippen LogP contribution in [-0.2, 0) is 4.79 Å². The van der Waals surface area contributed by atoms with E-state index in [0.29, 0.717) is 28.7 Å². The maximum absolute atomic E-state index is 12.4. The molecule has 2 aromatic heterocycles. The fourth-order valence-corrected chi connectivity index (χ4v) is 3.12. The third-order valence-electron chi connectivity index (χ3n) is 4.68. The number of hydrogen-bond acceptors (Lipinski definition) is 6. The summed E-state index contributed by atoms with van der Waals surface area (Å²) in [5.74, 6) is 1.70. The Hall–Kier alpha value is -4.20. The number of carbonyl (C=O) groups excluding carboxylic acids is 1. The molecule has 0 aliphatic carbocycles. The number of hydrogen-bond donors (Lipinski definition) is 1. The fourth-order valence-electron chi connectivity index (χ4n) is 3.12. The molecular formula is C23H21N5O3. The largest absolute Gasteiger partial charge is 0.493 e. The molecule has 0 saturated heterocycles. The maximum atomic E-state index is 12.4. The molecule has 0 aliphatic rings. The average molecular weight is 415 g/mol. The lowest BCUT2D eigenvalue weighted by Crippen LogP contribution is -2.07. The molecular weight excluding hydrogens is 394 g/mol. The first-order chi connectivity index (χ1) is 15.1. The molecule has 4 aromatic rings. The highest BCUT2D eigenvalue weighted by molar-refractivity contribution is 6.02. The molecule has 4 rings (SSSR count). The number of aromatic nitrogens is 4. The Balaban J connectivity index is 1.50. The van der Waals surface area contributed by atoms with Gasteiger partial charge in [0.05, 0.1) is 19.9 Å². The first-order valence-corrected chi connectivity index (χ1v) is 9.58. The minimum absolute atomic E-state index is 0.245. The van der Waals surface area contributed by atoms with Gasteiger partial charge in [0.15, 0.2) is 23.0 Å². The van der Waals surface area contributed by atoms with Gasteiger partial charge in [-0.2, -0.15) is 9.61 Å². The monoisotopic (exact) mass is 415 g/mol. The van der Waals surface area contributed by atoms with E-state index in [4.69, 9.17) is 9.47 Å². The zero-order valence-electron chi connectivity index (χ0n) is 17.4. The Kier molecular flexibility index (Phi) is 5.61. The van der Waals surface area contributed by atoms with Gasteiger partial charge in [-0.3, -0.25) is 4.79 Å². The lowest BCUT2D eigenvalue weighted by Gasteiger charge is -2.08. The van der Waals surface area contributed by atoms with Crippen LogP contribution in [0.5, 0.6) is 11.5 Å². The number of rotatable bonds is 6. The number of nitrogens with one attached hydrogen (secondary N) is 1. The van der Waals surface area contributed by atoms with Crippen molar-refractivity contribution in [3.8, 4) is 22.8 Å². The van der Waals surface area contributed by atoms with Gasteiger partial charge >= 0.3 is 0 Å². The topological polar surface area (TPSA) is 90.6 Å². The lowest BCUT2D eigenvalue weighted by molar-refractivity contribution is -0.111. The van der Waals surface area contributed by atoms with E-state index in [1.165, 1.54) is 6.08 Å². The third-order valence-corrected chi connectivity index (χ3v) is 4.68. The van der Waals surface area contributed by atoms with Crippen molar-refractivity contribution in [3.05, 3.63) is 72.1 Å². The zero-order valence-corrected chi connectivity index (χ0v) is 17.4. The van der Waals surface area contributed by atoms with Gasteiger partial charge in [0.1, 0.15) is 0 Å². The Labute approximate surface area is 179 Å². The van der Waals surface area contributed by atoms with Crippen LogP contribution in [0.1, 0.15) is 11.4 Å². The van der Waals surface area contributed by atoms with Crippen LogP contribution in [0.2, 0.25) is 0 Å². The number of fused-ring (bicyclic) bond motifs is 1. The molecule has 31 heavy (non-hydrogen) atoms. The molecule has 0 saturated carbocycles. The Morgan fingerprint density at radius 1 is 1.00 bits per heavy atom. The minimum Gasteiger partial charge on any atom is -0.493 e. The normalized spacial score (nSPS) is 11.1. The molecule has 8 nitrogen and oxygen atoms in total. The third kappa shape index (κ3) is 4.37. The summed E-state index contributed by atoms with van der Waals surface area (Å²) in [7, 11) is 3.15. The standard InChI is InChI=1S/C23H21N5O3/c1-15-25-26-22-11-9-19(27-28(15)22)17-5-4-6-18(14-17)24-23(29)12-8-16-7-10-20(30-2)21(13-16)31-3/h4-14H,1-3H3,(H,24,29)/b12-8+. The van der Waals surface area contributed by atoms with Crippen molar-refractivity contribution in [2.24, 2.45) is 0 Å². The van der Waals surface area contributed by atoms with E-state index in [1.807, 2.05) is 49.4 Å². The molecule has 8 heteroatoms. The van der Waals surface area contributed by atoms with Crippen molar-refractivity contribution in [2.75, 3.05) is 19.5 Å². The van der Waals surface area contributed by atoms with Crippen LogP contribution in [-0.4, -0.2) is 39.9 Å². The van der Waals surface area contributed by atoms with Crippen molar-refractivity contribution in [1.82, 2.24) is 19.8 Å². The molecule has 0 bridgehead atoms. The number of benzene rings is 2. The predicted octanol–water partition coefficient (Wildman–Crippen LogP) is 3.77. The number of amides is 1. The molecule has 0 radical (unpaired) electrons. The smallest absolute Gasteiger partial charge is 0.248 e. The number of aryl methyl sites for hydroxylation is 1. The van der Waals surface area contributed by atoms with E-state index in [0.717, 1.165) is 16.8 Å². The summed E-state index contributed by atoms with van der Waals surface area (Å²) in [6.45, 7) is 1.85. The molecule has 0 spiro atoms. The van der Waals surface area contributed by atoms with Crippen molar-refractivity contribution < 1.29 is 14.3 Å². The molecule has 1 amide bonds.